The molecule has 0 saturated heterocycles. The number of Topliss-reactive ketones (excluding diaryl/α,β-unsaturated/α-hetero) is 1. The molecular weight excluding hydrogens is 425 g/mol. The van der Waals surface area contributed by atoms with E-state index in [4.69, 9.17) is 0 Å². The van der Waals surface area contributed by atoms with E-state index < -0.39 is 40.9 Å². The van der Waals surface area contributed by atoms with Crippen LogP contribution < -0.4 is 16.0 Å². The first-order valence-electron chi connectivity index (χ1n) is 11.9. The Bertz CT molecular complexity index is 931. The topological polar surface area (TPSA) is 104 Å². The molecule has 3 fully saturated rings. The Labute approximate surface area is 193 Å². The van der Waals surface area contributed by atoms with Gasteiger partial charge in [-0.05, 0) is 81.0 Å². The van der Waals surface area contributed by atoms with Gasteiger partial charge in [-0.1, -0.05) is 19.8 Å². The Morgan fingerprint density at radius 3 is 2.18 bits per heavy atom. The largest absolute Gasteiger partial charge is 0.347 e. The van der Waals surface area contributed by atoms with E-state index in [0.29, 0.717) is 19.3 Å². The Kier molecular flexibility index (Phi) is 6.54. The second-order valence-corrected chi connectivity index (χ2v) is 10.3. The third kappa shape index (κ3) is 5.42. The van der Waals surface area contributed by atoms with Crippen LogP contribution in [0, 0.1) is 11.2 Å². The SMILES string of the molecule is CC1(C[C@H](NC(=O)c2ccc(F)cc2)C(=O)NC2(C(=O)C(=O)NC3CC3)CCC2)CCCC1. The molecule has 0 heterocycles. The summed E-state index contributed by atoms with van der Waals surface area (Å²) < 4.78 is 13.3. The van der Waals surface area contributed by atoms with Crippen molar-refractivity contribution in [3.8, 4) is 0 Å². The summed E-state index contributed by atoms with van der Waals surface area (Å²) in [4.78, 5) is 51.5. The summed E-state index contributed by atoms with van der Waals surface area (Å²) in [5.41, 5.74) is -1.05. The van der Waals surface area contributed by atoms with Crippen molar-refractivity contribution in [3.63, 3.8) is 0 Å². The third-order valence-corrected chi connectivity index (χ3v) is 7.36. The first-order chi connectivity index (χ1) is 15.7. The number of halogens is 1. The van der Waals surface area contributed by atoms with Gasteiger partial charge >= 0.3 is 0 Å². The second kappa shape index (κ2) is 9.23. The lowest BCUT2D eigenvalue weighted by molar-refractivity contribution is -0.146. The maximum atomic E-state index is 13.4. The predicted octanol–water partition coefficient (Wildman–Crippen LogP) is 2.78. The first kappa shape index (κ1) is 23.4. The molecule has 0 radical (unpaired) electrons. The van der Waals surface area contributed by atoms with Crippen molar-refractivity contribution in [3.05, 3.63) is 35.6 Å². The molecule has 1 atom stereocenters. The van der Waals surface area contributed by atoms with Crippen LogP contribution in [0.4, 0.5) is 4.39 Å². The highest BCUT2D eigenvalue weighted by Gasteiger charge is 2.50. The number of ketones is 1. The Morgan fingerprint density at radius 2 is 1.64 bits per heavy atom. The average molecular weight is 458 g/mol. The lowest BCUT2D eigenvalue weighted by atomic mass is 9.72. The zero-order chi connectivity index (χ0) is 23.6. The summed E-state index contributed by atoms with van der Waals surface area (Å²) in [5.74, 6) is -2.63. The van der Waals surface area contributed by atoms with Crippen molar-refractivity contribution in [2.24, 2.45) is 5.41 Å². The van der Waals surface area contributed by atoms with Crippen LogP contribution in [0.5, 0.6) is 0 Å². The molecule has 0 aliphatic heterocycles. The van der Waals surface area contributed by atoms with Gasteiger partial charge in [-0.3, -0.25) is 19.2 Å². The van der Waals surface area contributed by atoms with E-state index in [1.807, 2.05) is 0 Å². The van der Waals surface area contributed by atoms with E-state index in [2.05, 4.69) is 22.9 Å². The van der Waals surface area contributed by atoms with Gasteiger partial charge in [0.25, 0.3) is 11.8 Å². The summed E-state index contributed by atoms with van der Waals surface area (Å²) in [7, 11) is 0. The molecule has 3 N–H and O–H groups in total. The van der Waals surface area contributed by atoms with Crippen molar-refractivity contribution in [2.45, 2.75) is 88.8 Å². The molecule has 8 heteroatoms. The molecule has 3 aliphatic carbocycles. The van der Waals surface area contributed by atoms with Gasteiger partial charge < -0.3 is 16.0 Å². The number of nitrogens with one attached hydrogen (secondary N) is 3. The second-order valence-electron chi connectivity index (χ2n) is 10.3. The number of hydrogen-bond donors (Lipinski definition) is 3. The zero-order valence-electron chi connectivity index (χ0n) is 19.0. The molecular formula is C25H32FN3O4. The minimum atomic E-state index is -1.20. The Balaban J connectivity index is 1.49. The van der Waals surface area contributed by atoms with Crippen LogP contribution in [-0.4, -0.2) is 41.1 Å². The van der Waals surface area contributed by atoms with Gasteiger partial charge in [0.05, 0.1) is 0 Å². The Morgan fingerprint density at radius 1 is 1.00 bits per heavy atom. The zero-order valence-corrected chi connectivity index (χ0v) is 19.0. The molecule has 3 saturated carbocycles. The molecule has 3 amide bonds. The van der Waals surface area contributed by atoms with Crippen LogP contribution in [0.3, 0.4) is 0 Å². The van der Waals surface area contributed by atoms with Gasteiger partial charge in [-0.2, -0.15) is 0 Å². The fraction of sp³-hybridized carbons (Fsp3) is 0.600. The van der Waals surface area contributed by atoms with Crippen molar-refractivity contribution >= 4 is 23.5 Å². The monoisotopic (exact) mass is 457 g/mol. The lowest BCUT2D eigenvalue weighted by Crippen LogP contribution is -2.65. The molecule has 7 nitrogen and oxygen atoms in total. The summed E-state index contributed by atoms with van der Waals surface area (Å²) in [5, 5.41) is 8.35. The smallest absolute Gasteiger partial charge is 0.290 e. The summed E-state index contributed by atoms with van der Waals surface area (Å²) in [6.45, 7) is 2.11. The number of hydrogen-bond acceptors (Lipinski definition) is 4. The van der Waals surface area contributed by atoms with Crippen LogP contribution >= 0.6 is 0 Å². The molecule has 0 aromatic heterocycles. The summed E-state index contributed by atoms with van der Waals surface area (Å²) in [6, 6.07) is 4.33. The van der Waals surface area contributed by atoms with Crippen molar-refractivity contribution in [2.75, 3.05) is 0 Å². The highest BCUT2D eigenvalue weighted by Crippen LogP contribution is 2.42. The van der Waals surface area contributed by atoms with Crippen LogP contribution in [0.25, 0.3) is 0 Å². The third-order valence-electron chi connectivity index (χ3n) is 7.36. The molecule has 4 rings (SSSR count). The van der Waals surface area contributed by atoms with E-state index in [0.717, 1.165) is 44.9 Å². The van der Waals surface area contributed by atoms with Crippen LogP contribution in [-0.2, 0) is 14.4 Å². The fourth-order valence-corrected chi connectivity index (χ4v) is 4.94. The fourth-order valence-electron chi connectivity index (χ4n) is 4.94. The van der Waals surface area contributed by atoms with Gasteiger partial charge in [0, 0.05) is 11.6 Å². The highest BCUT2D eigenvalue weighted by molar-refractivity contribution is 6.40. The number of carbonyl (C=O) groups excluding carboxylic acids is 4. The maximum Gasteiger partial charge on any atom is 0.290 e. The van der Waals surface area contributed by atoms with Gasteiger partial charge in [0.1, 0.15) is 17.4 Å². The van der Waals surface area contributed by atoms with Gasteiger partial charge in [0.2, 0.25) is 11.7 Å². The average Bonchev–Trinajstić information content (AvgIpc) is 3.47. The van der Waals surface area contributed by atoms with E-state index in [1.165, 1.54) is 24.3 Å². The number of rotatable bonds is 9. The van der Waals surface area contributed by atoms with Gasteiger partial charge in [-0.15, -0.1) is 0 Å². The van der Waals surface area contributed by atoms with Crippen molar-refractivity contribution in [1.82, 2.24) is 16.0 Å². The minimum Gasteiger partial charge on any atom is -0.347 e. The molecule has 0 spiro atoms. The Hall–Kier alpha value is -2.77. The maximum absolute atomic E-state index is 13.4. The summed E-state index contributed by atoms with van der Waals surface area (Å²) in [6.07, 6.45) is 7.78. The minimum absolute atomic E-state index is 0.0549. The van der Waals surface area contributed by atoms with Crippen molar-refractivity contribution < 1.29 is 23.6 Å². The van der Waals surface area contributed by atoms with Crippen LogP contribution in [0.1, 0.15) is 81.5 Å². The van der Waals surface area contributed by atoms with Crippen LogP contribution in [0.15, 0.2) is 24.3 Å². The molecule has 0 unspecified atom stereocenters. The molecule has 0 bridgehead atoms. The molecule has 1 aromatic carbocycles. The van der Waals surface area contributed by atoms with E-state index in [1.54, 1.807) is 0 Å². The summed E-state index contributed by atoms with van der Waals surface area (Å²) >= 11 is 0. The normalized spacial score (nSPS) is 21.4. The van der Waals surface area contributed by atoms with E-state index in [-0.39, 0.29) is 17.0 Å². The molecule has 33 heavy (non-hydrogen) atoms. The molecule has 1 aromatic rings. The van der Waals surface area contributed by atoms with E-state index in [9.17, 15) is 23.6 Å². The van der Waals surface area contributed by atoms with Gasteiger partial charge in [0.15, 0.2) is 0 Å². The van der Waals surface area contributed by atoms with Crippen LogP contribution in [0.2, 0.25) is 0 Å². The van der Waals surface area contributed by atoms with Gasteiger partial charge in [-0.25, -0.2) is 4.39 Å². The molecule has 178 valence electrons. The quantitative estimate of drug-likeness (QED) is 0.496. The van der Waals surface area contributed by atoms with Crippen molar-refractivity contribution in [1.29, 1.82) is 0 Å². The first-order valence-corrected chi connectivity index (χ1v) is 11.9. The highest BCUT2D eigenvalue weighted by atomic mass is 19.1. The predicted molar refractivity (Wildman–Crippen MR) is 120 cm³/mol. The lowest BCUT2D eigenvalue weighted by Gasteiger charge is -2.41. The number of carbonyl (C=O) groups is 4. The number of amides is 3. The number of benzene rings is 1. The standard InChI is InChI=1S/C25H32FN3O4/c1-24(11-2-3-12-24)15-19(28-21(31)16-5-7-17(26)8-6-16)22(32)29-25(13-4-14-25)20(30)23(33)27-18-9-10-18/h5-8,18-19H,2-4,9-15H2,1H3,(H,27,33)(H,28,31)(H,29,32)/t19-/m0/s1. The molecule has 3 aliphatic rings. The van der Waals surface area contributed by atoms with E-state index >= 15 is 0 Å².